The second-order valence-corrected chi connectivity index (χ2v) is 7.93. The highest BCUT2D eigenvalue weighted by atomic mass is 32.2. The number of thioether (sulfide) groups is 1. The summed E-state index contributed by atoms with van der Waals surface area (Å²) >= 11 is 0.832. The molecule has 4 amide bonds. The van der Waals surface area contributed by atoms with Crippen molar-refractivity contribution in [2.75, 3.05) is 33.5 Å². The SMILES string of the molecule is CN(CC(=O)NCCN1C(=O)S/C(=C\c2ccc3c(c2)OCO3)C1=O)C(=O)c1ccco1. The standard InChI is InChI=1S/C21H19N3O7S/c1-23(19(26)15-3-2-8-29-15)11-18(25)22-6-7-24-20(27)17(32-21(24)28)10-13-4-5-14-16(9-13)31-12-30-14/h2-5,8-10H,6-7,11-12H2,1H3,(H,22,25)/b17-10-. The Bertz CT molecular complexity index is 1100. The van der Waals surface area contributed by atoms with Gasteiger partial charge in [-0.1, -0.05) is 6.07 Å². The van der Waals surface area contributed by atoms with E-state index in [1.807, 2.05) is 0 Å². The number of furan rings is 1. The molecule has 4 rings (SSSR count). The van der Waals surface area contributed by atoms with Gasteiger partial charge in [0.15, 0.2) is 17.3 Å². The van der Waals surface area contributed by atoms with Crippen molar-refractivity contribution >= 4 is 40.8 Å². The average Bonchev–Trinajstić information content (AvgIpc) is 3.51. The molecule has 0 spiro atoms. The molecule has 1 N–H and O–H groups in total. The van der Waals surface area contributed by atoms with Crippen molar-refractivity contribution < 1.29 is 33.1 Å². The van der Waals surface area contributed by atoms with Crippen molar-refractivity contribution in [1.29, 1.82) is 0 Å². The minimum Gasteiger partial charge on any atom is -0.459 e. The summed E-state index contributed by atoms with van der Waals surface area (Å²) in [4.78, 5) is 51.6. The van der Waals surface area contributed by atoms with Crippen LogP contribution >= 0.6 is 11.8 Å². The van der Waals surface area contributed by atoms with Crippen LogP contribution in [0.2, 0.25) is 0 Å². The van der Waals surface area contributed by atoms with E-state index in [1.54, 1.807) is 30.3 Å². The lowest BCUT2D eigenvalue weighted by molar-refractivity contribution is -0.124. The first-order valence-electron chi connectivity index (χ1n) is 9.63. The second-order valence-electron chi connectivity index (χ2n) is 6.93. The summed E-state index contributed by atoms with van der Waals surface area (Å²) in [5, 5.41) is 2.19. The molecule has 2 aliphatic rings. The Hall–Kier alpha value is -3.73. The minimum absolute atomic E-state index is 0.0186. The van der Waals surface area contributed by atoms with E-state index >= 15 is 0 Å². The number of ether oxygens (including phenoxy) is 2. The Morgan fingerprint density at radius 3 is 2.81 bits per heavy atom. The molecule has 0 radical (unpaired) electrons. The van der Waals surface area contributed by atoms with Crippen LogP contribution in [-0.4, -0.2) is 66.2 Å². The molecule has 1 fully saturated rings. The van der Waals surface area contributed by atoms with Gasteiger partial charge in [-0.15, -0.1) is 0 Å². The summed E-state index contributed by atoms with van der Waals surface area (Å²) < 4.78 is 15.6. The maximum atomic E-state index is 12.6. The lowest BCUT2D eigenvalue weighted by atomic mass is 10.2. The number of rotatable bonds is 7. The number of amides is 4. The first-order valence-corrected chi connectivity index (χ1v) is 10.4. The van der Waals surface area contributed by atoms with Gasteiger partial charge in [0, 0.05) is 20.1 Å². The molecule has 1 saturated heterocycles. The molecule has 0 saturated carbocycles. The molecule has 32 heavy (non-hydrogen) atoms. The summed E-state index contributed by atoms with van der Waals surface area (Å²) in [6, 6.07) is 8.33. The molecule has 2 aliphatic heterocycles. The van der Waals surface area contributed by atoms with Gasteiger partial charge in [0.05, 0.1) is 17.7 Å². The van der Waals surface area contributed by atoms with Crippen molar-refractivity contribution in [1.82, 2.24) is 15.1 Å². The number of carbonyl (C=O) groups is 4. The van der Waals surface area contributed by atoms with Crippen LogP contribution < -0.4 is 14.8 Å². The third-order valence-electron chi connectivity index (χ3n) is 4.68. The molecule has 0 bridgehead atoms. The molecular formula is C21H19N3O7S. The Morgan fingerprint density at radius 2 is 2.03 bits per heavy atom. The molecule has 0 atom stereocenters. The van der Waals surface area contributed by atoms with E-state index < -0.39 is 23.0 Å². The van der Waals surface area contributed by atoms with Gasteiger partial charge in [0.1, 0.15) is 0 Å². The van der Waals surface area contributed by atoms with Crippen LogP contribution in [0.1, 0.15) is 16.1 Å². The van der Waals surface area contributed by atoms with Crippen molar-refractivity contribution in [3.8, 4) is 11.5 Å². The molecule has 3 heterocycles. The molecule has 10 nitrogen and oxygen atoms in total. The Labute approximate surface area is 187 Å². The lowest BCUT2D eigenvalue weighted by Crippen LogP contribution is -2.42. The van der Waals surface area contributed by atoms with Crippen LogP contribution in [0.25, 0.3) is 6.08 Å². The van der Waals surface area contributed by atoms with Crippen LogP contribution in [0, 0.1) is 0 Å². The second kappa shape index (κ2) is 9.18. The van der Waals surface area contributed by atoms with Crippen LogP contribution in [0.4, 0.5) is 4.79 Å². The zero-order chi connectivity index (χ0) is 22.7. The van der Waals surface area contributed by atoms with Gasteiger partial charge in [0.2, 0.25) is 12.7 Å². The highest BCUT2D eigenvalue weighted by molar-refractivity contribution is 8.18. The van der Waals surface area contributed by atoms with E-state index in [4.69, 9.17) is 13.9 Å². The van der Waals surface area contributed by atoms with E-state index in [-0.39, 0.29) is 37.1 Å². The van der Waals surface area contributed by atoms with Crippen molar-refractivity contribution in [3.63, 3.8) is 0 Å². The zero-order valence-corrected chi connectivity index (χ0v) is 17.8. The van der Waals surface area contributed by atoms with Gasteiger partial charge in [-0.05, 0) is 47.7 Å². The number of likely N-dealkylation sites (N-methyl/N-ethyl adjacent to an activating group) is 1. The maximum Gasteiger partial charge on any atom is 0.293 e. The third kappa shape index (κ3) is 4.62. The maximum absolute atomic E-state index is 12.6. The summed E-state index contributed by atoms with van der Waals surface area (Å²) in [5.74, 6) is 0.0584. The molecule has 0 unspecified atom stereocenters. The first-order chi connectivity index (χ1) is 15.4. The average molecular weight is 457 g/mol. The zero-order valence-electron chi connectivity index (χ0n) is 17.0. The molecule has 1 aromatic heterocycles. The Kier molecular flexibility index (Phi) is 6.17. The van der Waals surface area contributed by atoms with E-state index in [9.17, 15) is 19.2 Å². The number of hydrogen-bond acceptors (Lipinski definition) is 8. The predicted octanol–water partition coefficient (Wildman–Crippen LogP) is 1.93. The van der Waals surface area contributed by atoms with Crippen molar-refractivity contribution in [3.05, 3.63) is 52.8 Å². The Balaban J connectivity index is 1.28. The largest absolute Gasteiger partial charge is 0.459 e. The van der Waals surface area contributed by atoms with Gasteiger partial charge in [-0.25, -0.2) is 0 Å². The van der Waals surface area contributed by atoms with Crippen LogP contribution in [0.5, 0.6) is 11.5 Å². The summed E-state index contributed by atoms with van der Waals surface area (Å²) in [6.07, 6.45) is 2.99. The van der Waals surface area contributed by atoms with Crippen LogP contribution in [0.3, 0.4) is 0 Å². The topological polar surface area (TPSA) is 118 Å². The van der Waals surface area contributed by atoms with Gasteiger partial charge < -0.3 is 24.1 Å². The van der Waals surface area contributed by atoms with Gasteiger partial charge in [-0.2, -0.15) is 0 Å². The summed E-state index contributed by atoms with van der Waals surface area (Å²) in [7, 11) is 1.47. The molecule has 1 aromatic carbocycles. The van der Waals surface area contributed by atoms with Gasteiger partial charge >= 0.3 is 0 Å². The van der Waals surface area contributed by atoms with Crippen LogP contribution in [-0.2, 0) is 9.59 Å². The highest BCUT2D eigenvalue weighted by Gasteiger charge is 2.34. The quantitative estimate of drug-likeness (QED) is 0.627. The van der Waals surface area contributed by atoms with Gasteiger partial charge in [0.25, 0.3) is 17.1 Å². The molecular weight excluding hydrogens is 438 g/mol. The summed E-state index contributed by atoms with van der Waals surface area (Å²) in [6.45, 7) is 0.0426. The fourth-order valence-electron chi connectivity index (χ4n) is 3.09. The number of carbonyl (C=O) groups excluding carboxylic acids is 4. The molecule has 2 aromatic rings. The van der Waals surface area contributed by atoms with Gasteiger partial charge in [-0.3, -0.25) is 24.1 Å². The smallest absolute Gasteiger partial charge is 0.293 e. The number of imide groups is 1. The van der Waals surface area contributed by atoms with E-state index in [1.165, 1.54) is 24.3 Å². The van der Waals surface area contributed by atoms with Crippen LogP contribution in [0.15, 0.2) is 45.9 Å². The number of fused-ring (bicyclic) bond motifs is 1. The third-order valence-corrected chi connectivity index (χ3v) is 5.59. The Morgan fingerprint density at radius 1 is 1.22 bits per heavy atom. The lowest BCUT2D eigenvalue weighted by Gasteiger charge is -2.16. The minimum atomic E-state index is -0.433. The number of hydrogen-bond donors (Lipinski definition) is 1. The number of nitrogens with one attached hydrogen (secondary N) is 1. The predicted molar refractivity (Wildman–Crippen MR) is 114 cm³/mol. The molecule has 166 valence electrons. The highest BCUT2D eigenvalue weighted by Crippen LogP contribution is 2.36. The van der Waals surface area contributed by atoms with E-state index in [0.29, 0.717) is 17.1 Å². The van der Waals surface area contributed by atoms with E-state index in [0.717, 1.165) is 16.7 Å². The normalized spacial score (nSPS) is 16.0. The monoisotopic (exact) mass is 457 g/mol. The first kappa shape index (κ1) is 21.5. The molecule has 11 heteroatoms. The van der Waals surface area contributed by atoms with Crippen molar-refractivity contribution in [2.45, 2.75) is 0 Å². The number of benzene rings is 1. The molecule has 0 aliphatic carbocycles. The summed E-state index contributed by atoms with van der Waals surface area (Å²) in [5.41, 5.74) is 0.706. The fourth-order valence-corrected chi connectivity index (χ4v) is 3.95. The van der Waals surface area contributed by atoms with E-state index in [2.05, 4.69) is 5.32 Å². The number of nitrogens with zero attached hydrogens (tertiary/aromatic N) is 2. The van der Waals surface area contributed by atoms with Crippen molar-refractivity contribution in [2.24, 2.45) is 0 Å². The fraction of sp³-hybridized carbons (Fsp3) is 0.238.